The zero-order valence-electron chi connectivity index (χ0n) is 12.0. The van der Waals surface area contributed by atoms with Crippen molar-refractivity contribution in [2.45, 2.75) is 44.2 Å². The van der Waals surface area contributed by atoms with Crippen LogP contribution in [0.15, 0.2) is 17.0 Å². The SMILES string of the molecule is CC(C)C1CCCN1S(=O)(=O)c1cc(F)c(Cl)c(CO)c1. The highest BCUT2D eigenvalue weighted by molar-refractivity contribution is 7.89. The number of nitrogens with zero attached hydrogens (tertiary/aromatic N) is 1. The third kappa shape index (κ3) is 3.08. The van der Waals surface area contributed by atoms with Gasteiger partial charge in [0.2, 0.25) is 10.0 Å². The summed E-state index contributed by atoms with van der Waals surface area (Å²) in [5.74, 6) is -0.640. The molecular formula is C14H19ClFNO3S. The molecule has 1 unspecified atom stereocenters. The van der Waals surface area contributed by atoms with Gasteiger partial charge in [-0.15, -0.1) is 0 Å². The molecule has 4 nitrogen and oxygen atoms in total. The van der Waals surface area contributed by atoms with Crippen LogP contribution < -0.4 is 0 Å². The van der Waals surface area contributed by atoms with Crippen LogP contribution in [0, 0.1) is 11.7 Å². The van der Waals surface area contributed by atoms with Gasteiger partial charge in [0.25, 0.3) is 0 Å². The molecule has 118 valence electrons. The minimum Gasteiger partial charge on any atom is -0.392 e. The van der Waals surface area contributed by atoms with E-state index in [0.717, 1.165) is 18.9 Å². The second kappa shape index (κ2) is 6.20. The molecule has 1 aliphatic heterocycles. The number of hydrogen-bond donors (Lipinski definition) is 1. The second-order valence-corrected chi connectivity index (χ2v) is 7.87. The largest absolute Gasteiger partial charge is 0.392 e. The van der Waals surface area contributed by atoms with Crippen LogP contribution in [0.25, 0.3) is 0 Å². The van der Waals surface area contributed by atoms with E-state index in [1.807, 2.05) is 13.8 Å². The van der Waals surface area contributed by atoms with Gasteiger partial charge in [-0.3, -0.25) is 0 Å². The summed E-state index contributed by atoms with van der Waals surface area (Å²) in [5, 5.41) is 8.94. The fourth-order valence-electron chi connectivity index (χ4n) is 2.75. The molecule has 1 aliphatic rings. The lowest BCUT2D eigenvalue weighted by molar-refractivity contribution is 0.281. The molecule has 0 bridgehead atoms. The van der Waals surface area contributed by atoms with Crippen LogP contribution in [-0.2, 0) is 16.6 Å². The van der Waals surface area contributed by atoms with Gasteiger partial charge in [-0.1, -0.05) is 25.4 Å². The Morgan fingerprint density at radius 3 is 2.71 bits per heavy atom. The standard InChI is InChI=1S/C14H19ClFNO3S/c1-9(2)13-4-3-5-17(13)21(19,20)11-6-10(8-18)14(15)12(16)7-11/h6-7,9,13,18H,3-5,8H2,1-2H3. The number of aliphatic hydroxyl groups is 1. The van der Waals surface area contributed by atoms with Gasteiger partial charge in [0.1, 0.15) is 5.82 Å². The molecule has 1 aromatic rings. The number of sulfonamides is 1. The van der Waals surface area contributed by atoms with Gasteiger partial charge in [-0.2, -0.15) is 4.31 Å². The van der Waals surface area contributed by atoms with Gasteiger partial charge in [0, 0.05) is 18.2 Å². The number of halogens is 2. The van der Waals surface area contributed by atoms with Crippen LogP contribution in [0.1, 0.15) is 32.3 Å². The molecule has 1 fully saturated rings. The Morgan fingerprint density at radius 2 is 2.14 bits per heavy atom. The fourth-order valence-corrected chi connectivity index (χ4v) is 4.81. The molecule has 1 aromatic carbocycles. The first-order valence-corrected chi connectivity index (χ1v) is 8.71. The van der Waals surface area contributed by atoms with Crippen molar-refractivity contribution in [1.29, 1.82) is 0 Å². The van der Waals surface area contributed by atoms with E-state index in [-0.39, 0.29) is 27.4 Å². The second-order valence-electron chi connectivity index (χ2n) is 5.61. The molecule has 0 saturated carbocycles. The predicted molar refractivity (Wildman–Crippen MR) is 79.1 cm³/mol. The Labute approximate surface area is 129 Å². The highest BCUT2D eigenvalue weighted by atomic mass is 35.5. The molecule has 1 atom stereocenters. The van der Waals surface area contributed by atoms with Crippen molar-refractivity contribution in [2.75, 3.05) is 6.54 Å². The molecule has 1 N–H and O–H groups in total. The normalized spacial score (nSPS) is 20.4. The van der Waals surface area contributed by atoms with Gasteiger partial charge >= 0.3 is 0 Å². The summed E-state index contributed by atoms with van der Waals surface area (Å²) in [6, 6.07) is 2.09. The number of aliphatic hydroxyl groups excluding tert-OH is 1. The van der Waals surface area contributed by atoms with Gasteiger partial charge < -0.3 is 5.11 Å². The van der Waals surface area contributed by atoms with Crippen LogP contribution in [0.2, 0.25) is 5.02 Å². The van der Waals surface area contributed by atoms with Crippen molar-refractivity contribution in [3.8, 4) is 0 Å². The third-order valence-corrected chi connectivity index (χ3v) is 6.20. The van der Waals surface area contributed by atoms with Crippen molar-refractivity contribution < 1.29 is 17.9 Å². The Bertz CT molecular complexity index is 633. The van der Waals surface area contributed by atoms with Crippen LogP contribution in [0.3, 0.4) is 0 Å². The van der Waals surface area contributed by atoms with E-state index in [9.17, 15) is 17.9 Å². The Balaban J connectivity index is 2.47. The summed E-state index contributed by atoms with van der Waals surface area (Å²) in [7, 11) is -3.78. The monoisotopic (exact) mass is 335 g/mol. The van der Waals surface area contributed by atoms with E-state index in [1.54, 1.807) is 0 Å². The smallest absolute Gasteiger partial charge is 0.243 e. The van der Waals surface area contributed by atoms with E-state index in [0.29, 0.717) is 6.54 Å². The average Bonchev–Trinajstić information content (AvgIpc) is 2.91. The molecular weight excluding hydrogens is 317 g/mol. The van der Waals surface area contributed by atoms with E-state index in [1.165, 1.54) is 10.4 Å². The van der Waals surface area contributed by atoms with Gasteiger partial charge in [-0.25, -0.2) is 12.8 Å². The summed E-state index contributed by atoms with van der Waals surface area (Å²) in [5.41, 5.74) is 0.0792. The van der Waals surface area contributed by atoms with Gasteiger partial charge in [-0.05, 0) is 30.9 Å². The molecule has 2 rings (SSSR count). The molecule has 1 heterocycles. The average molecular weight is 336 g/mol. The summed E-state index contributed by atoms with van der Waals surface area (Å²) < 4.78 is 40.6. The highest BCUT2D eigenvalue weighted by Crippen LogP contribution is 2.32. The summed E-state index contributed by atoms with van der Waals surface area (Å²) >= 11 is 5.71. The first-order chi connectivity index (χ1) is 9.78. The van der Waals surface area contributed by atoms with Crippen molar-refractivity contribution >= 4 is 21.6 Å². The van der Waals surface area contributed by atoms with Gasteiger partial charge in [0.15, 0.2) is 0 Å². The molecule has 21 heavy (non-hydrogen) atoms. The highest BCUT2D eigenvalue weighted by Gasteiger charge is 2.37. The van der Waals surface area contributed by atoms with Crippen molar-refractivity contribution in [3.63, 3.8) is 0 Å². The van der Waals surface area contributed by atoms with Crippen molar-refractivity contribution in [1.82, 2.24) is 4.31 Å². The lowest BCUT2D eigenvalue weighted by Crippen LogP contribution is -2.38. The summed E-state index contributed by atoms with van der Waals surface area (Å²) in [4.78, 5) is -0.152. The molecule has 0 amide bonds. The molecule has 7 heteroatoms. The van der Waals surface area contributed by atoms with E-state index in [2.05, 4.69) is 0 Å². The lowest BCUT2D eigenvalue weighted by Gasteiger charge is -2.27. The predicted octanol–water partition coefficient (Wildman–Crippen LogP) is 2.78. The first-order valence-electron chi connectivity index (χ1n) is 6.89. The maximum atomic E-state index is 13.8. The molecule has 0 aliphatic carbocycles. The zero-order valence-corrected chi connectivity index (χ0v) is 13.6. The van der Waals surface area contributed by atoms with E-state index < -0.39 is 22.4 Å². The van der Waals surface area contributed by atoms with Crippen LogP contribution >= 0.6 is 11.6 Å². The number of benzene rings is 1. The van der Waals surface area contributed by atoms with Gasteiger partial charge in [0.05, 0.1) is 16.5 Å². The number of hydrogen-bond acceptors (Lipinski definition) is 3. The topological polar surface area (TPSA) is 57.6 Å². The van der Waals surface area contributed by atoms with Crippen LogP contribution in [-0.4, -0.2) is 30.4 Å². The first kappa shape index (κ1) is 16.7. The van der Waals surface area contributed by atoms with E-state index in [4.69, 9.17) is 11.6 Å². The van der Waals surface area contributed by atoms with Crippen LogP contribution in [0.4, 0.5) is 4.39 Å². The molecule has 0 radical (unpaired) electrons. The fraction of sp³-hybridized carbons (Fsp3) is 0.571. The zero-order chi connectivity index (χ0) is 15.8. The molecule has 0 spiro atoms. The minimum atomic E-state index is -3.78. The summed E-state index contributed by atoms with van der Waals surface area (Å²) in [6.45, 7) is 3.87. The molecule has 1 saturated heterocycles. The Kier molecular flexibility index (Phi) is 4.92. The molecule has 0 aromatic heterocycles. The van der Waals surface area contributed by atoms with Crippen molar-refractivity contribution in [3.05, 3.63) is 28.5 Å². The quantitative estimate of drug-likeness (QED) is 0.920. The Hall–Kier alpha value is -0.690. The maximum absolute atomic E-state index is 13.8. The lowest BCUT2D eigenvalue weighted by atomic mass is 10.0. The Morgan fingerprint density at radius 1 is 1.48 bits per heavy atom. The third-order valence-electron chi connectivity index (χ3n) is 3.87. The minimum absolute atomic E-state index is 0.0775. The summed E-state index contributed by atoms with van der Waals surface area (Å²) in [6.07, 6.45) is 1.60. The number of rotatable bonds is 4. The maximum Gasteiger partial charge on any atom is 0.243 e. The van der Waals surface area contributed by atoms with Crippen molar-refractivity contribution in [2.24, 2.45) is 5.92 Å². The van der Waals surface area contributed by atoms with E-state index >= 15 is 0 Å². The van der Waals surface area contributed by atoms with Crippen LogP contribution in [0.5, 0.6) is 0 Å².